The van der Waals surface area contributed by atoms with Crippen LogP contribution in [-0.2, 0) is 6.54 Å². The van der Waals surface area contributed by atoms with Crippen LogP contribution in [0, 0.1) is 11.3 Å². The van der Waals surface area contributed by atoms with E-state index in [4.69, 9.17) is 5.26 Å². The predicted molar refractivity (Wildman–Crippen MR) is 99.6 cm³/mol. The van der Waals surface area contributed by atoms with Gasteiger partial charge >= 0.3 is 0 Å². The second-order valence-corrected chi connectivity index (χ2v) is 5.82. The quantitative estimate of drug-likeness (QED) is 0.601. The van der Waals surface area contributed by atoms with Gasteiger partial charge in [-0.25, -0.2) is 4.98 Å². The Labute approximate surface area is 146 Å². The van der Waals surface area contributed by atoms with Gasteiger partial charge in [0.25, 0.3) is 0 Å². The van der Waals surface area contributed by atoms with Crippen LogP contribution in [0.5, 0.6) is 0 Å². The zero-order valence-corrected chi connectivity index (χ0v) is 13.6. The molecule has 4 aromatic rings. The summed E-state index contributed by atoms with van der Waals surface area (Å²) in [5.74, 6) is 0. The Hall–Kier alpha value is -3.58. The molecule has 4 rings (SSSR count). The third-order valence-corrected chi connectivity index (χ3v) is 4.16. The van der Waals surface area contributed by atoms with Crippen molar-refractivity contribution in [2.45, 2.75) is 6.54 Å². The highest BCUT2D eigenvalue weighted by Crippen LogP contribution is 2.21. The molecule has 0 spiro atoms. The molecule has 0 saturated carbocycles. The molecule has 0 aliphatic rings. The largest absolute Gasteiger partial charge is 0.381 e. The first-order valence-electron chi connectivity index (χ1n) is 8.09. The molecule has 0 radical (unpaired) electrons. The van der Waals surface area contributed by atoms with Gasteiger partial charge in [-0.05, 0) is 48.0 Å². The van der Waals surface area contributed by atoms with Crippen molar-refractivity contribution < 1.29 is 0 Å². The molecule has 4 heteroatoms. The third-order valence-electron chi connectivity index (χ3n) is 4.16. The van der Waals surface area contributed by atoms with Gasteiger partial charge in [0, 0.05) is 17.9 Å². The molecule has 3 aromatic carbocycles. The minimum Gasteiger partial charge on any atom is -0.381 e. The van der Waals surface area contributed by atoms with E-state index in [9.17, 15) is 0 Å². The van der Waals surface area contributed by atoms with Gasteiger partial charge in [-0.3, -0.25) is 4.57 Å². The first-order valence-corrected chi connectivity index (χ1v) is 8.09. The van der Waals surface area contributed by atoms with Crippen LogP contribution in [-0.4, -0.2) is 9.55 Å². The average Bonchev–Trinajstić information content (AvgIpc) is 3.11. The number of nitrogens with one attached hydrogen (secondary N) is 1. The molecule has 0 aliphatic carbocycles. The van der Waals surface area contributed by atoms with Crippen LogP contribution in [0.3, 0.4) is 0 Å². The molecule has 0 aliphatic heterocycles. The fourth-order valence-electron chi connectivity index (χ4n) is 2.83. The van der Waals surface area contributed by atoms with E-state index in [0.717, 1.165) is 28.0 Å². The summed E-state index contributed by atoms with van der Waals surface area (Å²) in [7, 11) is 0. The molecule has 1 aromatic heterocycles. The monoisotopic (exact) mass is 324 g/mol. The predicted octanol–water partition coefficient (Wildman–Crippen LogP) is 4.51. The number of aromatic nitrogens is 2. The van der Waals surface area contributed by atoms with E-state index in [1.807, 2.05) is 60.9 Å². The van der Waals surface area contributed by atoms with Crippen molar-refractivity contribution in [3.63, 3.8) is 0 Å². The number of fused-ring (bicyclic) bond motifs is 1. The van der Waals surface area contributed by atoms with Gasteiger partial charge < -0.3 is 5.32 Å². The molecular formula is C21H16N4. The molecule has 0 unspecified atom stereocenters. The van der Waals surface area contributed by atoms with E-state index in [0.29, 0.717) is 12.1 Å². The lowest BCUT2D eigenvalue weighted by Crippen LogP contribution is -2.00. The Bertz CT molecular complexity index is 1060. The second-order valence-electron chi connectivity index (χ2n) is 5.82. The fourth-order valence-corrected chi connectivity index (χ4v) is 2.83. The van der Waals surface area contributed by atoms with E-state index in [-0.39, 0.29) is 0 Å². The molecule has 0 saturated heterocycles. The molecule has 0 atom stereocenters. The number of nitriles is 1. The highest BCUT2D eigenvalue weighted by Gasteiger charge is 2.04. The van der Waals surface area contributed by atoms with Gasteiger partial charge in [0.2, 0.25) is 0 Å². The molecular weight excluding hydrogens is 308 g/mol. The van der Waals surface area contributed by atoms with Crippen LogP contribution in [0.1, 0.15) is 11.1 Å². The Morgan fingerprint density at radius 3 is 2.64 bits per heavy atom. The van der Waals surface area contributed by atoms with Crippen molar-refractivity contribution in [1.82, 2.24) is 9.55 Å². The summed E-state index contributed by atoms with van der Waals surface area (Å²) in [5.41, 5.74) is 6.00. The molecule has 25 heavy (non-hydrogen) atoms. The van der Waals surface area contributed by atoms with Gasteiger partial charge in [-0.1, -0.05) is 30.3 Å². The summed E-state index contributed by atoms with van der Waals surface area (Å²) in [4.78, 5) is 4.45. The van der Waals surface area contributed by atoms with E-state index < -0.39 is 0 Å². The smallest absolute Gasteiger partial charge is 0.100 e. The zero-order valence-electron chi connectivity index (χ0n) is 13.6. The number of anilines is 1. The number of rotatable bonds is 4. The summed E-state index contributed by atoms with van der Waals surface area (Å²) in [6, 6.07) is 26.1. The second kappa shape index (κ2) is 6.50. The minimum atomic E-state index is 0.678. The molecule has 0 fully saturated rings. The van der Waals surface area contributed by atoms with Crippen LogP contribution in [0.4, 0.5) is 5.69 Å². The van der Waals surface area contributed by atoms with E-state index in [1.54, 1.807) is 0 Å². The number of hydrogen-bond donors (Lipinski definition) is 1. The van der Waals surface area contributed by atoms with Gasteiger partial charge in [0.05, 0.1) is 22.7 Å². The fraction of sp³-hybridized carbons (Fsp3) is 0.0476. The first-order chi connectivity index (χ1) is 12.3. The maximum Gasteiger partial charge on any atom is 0.100 e. The summed E-state index contributed by atoms with van der Waals surface area (Å²) in [5, 5.41) is 12.3. The summed E-state index contributed by atoms with van der Waals surface area (Å²) < 4.78 is 2.09. The minimum absolute atomic E-state index is 0.678. The molecule has 0 amide bonds. The standard InChI is InChI=1S/C21H16N4/c22-13-16-8-10-17(11-9-16)14-23-18-4-3-5-19(12-18)25-15-24-20-6-1-2-7-21(20)25/h1-12,15,23H,14H2. The highest BCUT2D eigenvalue weighted by molar-refractivity contribution is 5.77. The first kappa shape index (κ1) is 15.0. The lowest BCUT2D eigenvalue weighted by molar-refractivity contribution is 1.08. The average molecular weight is 324 g/mol. The SMILES string of the molecule is N#Cc1ccc(CNc2cccc(-n3cnc4ccccc43)c2)cc1. The number of nitrogens with zero attached hydrogens (tertiary/aromatic N) is 3. The van der Waals surface area contributed by atoms with E-state index >= 15 is 0 Å². The van der Waals surface area contributed by atoms with Crippen LogP contribution in [0.15, 0.2) is 79.1 Å². The van der Waals surface area contributed by atoms with Crippen molar-refractivity contribution in [2.24, 2.45) is 0 Å². The Morgan fingerprint density at radius 2 is 1.80 bits per heavy atom. The summed E-state index contributed by atoms with van der Waals surface area (Å²) in [6.45, 7) is 0.708. The van der Waals surface area contributed by atoms with Gasteiger partial charge in [0.15, 0.2) is 0 Å². The van der Waals surface area contributed by atoms with Gasteiger partial charge in [-0.2, -0.15) is 5.26 Å². The van der Waals surface area contributed by atoms with Crippen LogP contribution in [0.2, 0.25) is 0 Å². The van der Waals surface area contributed by atoms with Crippen LogP contribution >= 0.6 is 0 Å². The lowest BCUT2D eigenvalue weighted by Gasteiger charge is -2.10. The molecule has 1 N–H and O–H groups in total. The van der Waals surface area contributed by atoms with Crippen LogP contribution < -0.4 is 5.32 Å². The number of hydrogen-bond acceptors (Lipinski definition) is 3. The van der Waals surface area contributed by atoms with Crippen molar-refractivity contribution >= 4 is 16.7 Å². The summed E-state index contributed by atoms with van der Waals surface area (Å²) in [6.07, 6.45) is 1.85. The van der Waals surface area contributed by atoms with Crippen molar-refractivity contribution in [1.29, 1.82) is 5.26 Å². The normalized spacial score (nSPS) is 10.5. The number of imidazole rings is 1. The maximum atomic E-state index is 8.86. The maximum absolute atomic E-state index is 8.86. The number of benzene rings is 3. The summed E-state index contributed by atoms with van der Waals surface area (Å²) >= 11 is 0. The molecule has 4 nitrogen and oxygen atoms in total. The van der Waals surface area contributed by atoms with E-state index in [1.165, 1.54) is 0 Å². The van der Waals surface area contributed by atoms with Crippen molar-refractivity contribution in [2.75, 3.05) is 5.32 Å². The van der Waals surface area contributed by atoms with Gasteiger partial charge in [0.1, 0.15) is 6.33 Å². The lowest BCUT2D eigenvalue weighted by atomic mass is 10.1. The molecule has 1 heterocycles. The highest BCUT2D eigenvalue weighted by atomic mass is 15.0. The van der Waals surface area contributed by atoms with Crippen molar-refractivity contribution in [3.05, 3.63) is 90.3 Å². The van der Waals surface area contributed by atoms with Crippen LogP contribution in [0.25, 0.3) is 16.7 Å². The Morgan fingerprint density at radius 1 is 0.960 bits per heavy atom. The van der Waals surface area contributed by atoms with Gasteiger partial charge in [-0.15, -0.1) is 0 Å². The third kappa shape index (κ3) is 3.08. The molecule has 0 bridgehead atoms. The number of para-hydroxylation sites is 2. The molecule has 120 valence electrons. The topological polar surface area (TPSA) is 53.6 Å². The Kier molecular flexibility index (Phi) is 3.89. The Balaban J connectivity index is 1.56. The zero-order chi connectivity index (χ0) is 17.1. The van der Waals surface area contributed by atoms with E-state index in [2.05, 4.69) is 39.1 Å². The van der Waals surface area contributed by atoms with Crippen molar-refractivity contribution in [3.8, 4) is 11.8 Å².